The summed E-state index contributed by atoms with van der Waals surface area (Å²) in [7, 11) is 0. The molecular weight excluding hydrogens is 384 g/mol. The first-order valence-electron chi connectivity index (χ1n) is 11.0. The van der Waals surface area contributed by atoms with Gasteiger partial charge in [-0.1, -0.05) is 38.7 Å². The van der Waals surface area contributed by atoms with E-state index in [-0.39, 0.29) is 17.3 Å². The summed E-state index contributed by atoms with van der Waals surface area (Å²) in [5, 5.41) is 10.8. The van der Waals surface area contributed by atoms with Gasteiger partial charge in [-0.15, -0.1) is 0 Å². The number of ether oxygens (including phenoxy) is 3. The number of hydrogen-bond donors (Lipinski definition) is 1. The van der Waals surface area contributed by atoms with Crippen molar-refractivity contribution in [2.24, 2.45) is 28.6 Å². The number of allylic oxidation sites excluding steroid dienone is 2. The molecule has 0 aromatic carbocycles. The molecule has 0 bridgehead atoms. The second-order valence-electron chi connectivity index (χ2n) is 9.76. The van der Waals surface area contributed by atoms with Gasteiger partial charge in [0.05, 0.1) is 6.10 Å². The first kappa shape index (κ1) is 23.0. The van der Waals surface area contributed by atoms with E-state index in [1.165, 1.54) is 13.8 Å². The smallest absolute Gasteiger partial charge is 0.304 e. The Kier molecular flexibility index (Phi) is 6.49. The van der Waals surface area contributed by atoms with Crippen molar-refractivity contribution >= 4 is 11.9 Å². The van der Waals surface area contributed by atoms with E-state index < -0.39 is 36.0 Å². The number of carbonyl (C=O) groups excluding carboxylic acids is 2. The molecule has 8 atom stereocenters. The summed E-state index contributed by atoms with van der Waals surface area (Å²) in [4.78, 5) is 23.7. The third kappa shape index (κ3) is 3.84. The van der Waals surface area contributed by atoms with Crippen molar-refractivity contribution in [2.75, 3.05) is 0 Å². The lowest BCUT2D eigenvalue weighted by molar-refractivity contribution is -0.237. The Morgan fingerprint density at radius 2 is 1.90 bits per heavy atom. The van der Waals surface area contributed by atoms with Crippen molar-refractivity contribution in [2.45, 2.75) is 84.9 Å². The number of esters is 2. The molecule has 30 heavy (non-hydrogen) atoms. The van der Waals surface area contributed by atoms with Crippen molar-refractivity contribution in [1.82, 2.24) is 0 Å². The van der Waals surface area contributed by atoms with Crippen LogP contribution in [0, 0.1) is 28.6 Å². The quantitative estimate of drug-likeness (QED) is 0.514. The zero-order valence-corrected chi connectivity index (χ0v) is 18.7. The van der Waals surface area contributed by atoms with Gasteiger partial charge < -0.3 is 19.3 Å². The summed E-state index contributed by atoms with van der Waals surface area (Å²) < 4.78 is 17.3. The Balaban J connectivity index is 2.05. The van der Waals surface area contributed by atoms with E-state index in [2.05, 4.69) is 27.0 Å². The molecule has 1 saturated heterocycles. The summed E-state index contributed by atoms with van der Waals surface area (Å²) in [6.45, 7) is 15.2. The summed E-state index contributed by atoms with van der Waals surface area (Å²) in [5.74, 6) is -0.590. The lowest BCUT2D eigenvalue weighted by Gasteiger charge is -2.60. The molecule has 6 nitrogen and oxygen atoms in total. The van der Waals surface area contributed by atoms with E-state index in [0.29, 0.717) is 18.8 Å². The third-order valence-electron chi connectivity index (χ3n) is 8.16. The highest BCUT2D eigenvalue weighted by Crippen LogP contribution is 2.68. The molecule has 0 aromatic heterocycles. The van der Waals surface area contributed by atoms with Crippen LogP contribution in [0.5, 0.6) is 0 Å². The van der Waals surface area contributed by atoms with Crippen LogP contribution in [0.3, 0.4) is 0 Å². The van der Waals surface area contributed by atoms with Crippen LogP contribution < -0.4 is 0 Å². The van der Waals surface area contributed by atoms with Crippen molar-refractivity contribution in [3.63, 3.8) is 0 Å². The molecule has 1 heterocycles. The Bertz CT molecular complexity index is 716. The zero-order valence-electron chi connectivity index (χ0n) is 18.7. The van der Waals surface area contributed by atoms with Crippen LogP contribution in [-0.2, 0) is 23.8 Å². The van der Waals surface area contributed by atoms with Gasteiger partial charge >= 0.3 is 11.9 Å². The number of hydrogen-bond acceptors (Lipinski definition) is 6. The zero-order chi connectivity index (χ0) is 22.3. The maximum atomic E-state index is 11.9. The van der Waals surface area contributed by atoms with Gasteiger partial charge in [-0.25, -0.2) is 0 Å². The summed E-state index contributed by atoms with van der Waals surface area (Å²) in [6.07, 6.45) is 4.25. The Labute approximate surface area is 179 Å². The SMILES string of the molecule is C=CC(=C)CCC1(C)C(C)CCC23C(OC(C)=O)OC(OC(C)=O)C2CC(O)CC13. The number of carbonyl (C=O) groups is 2. The third-order valence-corrected chi connectivity index (χ3v) is 8.16. The van der Waals surface area contributed by atoms with Crippen LogP contribution >= 0.6 is 0 Å². The maximum Gasteiger partial charge on any atom is 0.304 e. The molecule has 3 fully saturated rings. The van der Waals surface area contributed by atoms with Gasteiger partial charge in [-0.05, 0) is 55.8 Å². The minimum Gasteiger partial charge on any atom is -0.435 e. The van der Waals surface area contributed by atoms with Gasteiger partial charge in [0.25, 0.3) is 0 Å². The second kappa shape index (κ2) is 8.46. The lowest BCUT2D eigenvalue weighted by Crippen LogP contribution is -2.60. The predicted octanol–water partition coefficient (Wildman–Crippen LogP) is 4.13. The number of aliphatic hydroxyl groups excluding tert-OH is 1. The second-order valence-corrected chi connectivity index (χ2v) is 9.76. The van der Waals surface area contributed by atoms with Gasteiger partial charge in [-0.2, -0.15) is 0 Å². The van der Waals surface area contributed by atoms with E-state index in [0.717, 1.165) is 31.3 Å². The molecule has 0 radical (unpaired) electrons. The molecule has 0 amide bonds. The minimum absolute atomic E-state index is 0.0602. The first-order valence-corrected chi connectivity index (χ1v) is 11.0. The van der Waals surface area contributed by atoms with Crippen LogP contribution in [-0.4, -0.2) is 35.7 Å². The molecule has 6 heteroatoms. The van der Waals surface area contributed by atoms with Gasteiger partial charge in [0.1, 0.15) is 0 Å². The van der Waals surface area contributed by atoms with Crippen LogP contribution in [0.4, 0.5) is 0 Å². The average molecular weight is 421 g/mol. The van der Waals surface area contributed by atoms with Crippen LogP contribution in [0.1, 0.15) is 66.2 Å². The number of rotatable bonds is 6. The highest BCUT2D eigenvalue weighted by atomic mass is 16.8. The predicted molar refractivity (Wildman–Crippen MR) is 112 cm³/mol. The van der Waals surface area contributed by atoms with E-state index in [4.69, 9.17) is 14.2 Å². The summed E-state index contributed by atoms with van der Waals surface area (Å²) in [5.41, 5.74) is 0.395. The monoisotopic (exact) mass is 420 g/mol. The fourth-order valence-electron chi connectivity index (χ4n) is 6.42. The molecule has 0 aromatic rings. The standard InChI is InChI=1S/C24H36O6/c1-7-14(2)8-10-23(6)15(3)9-11-24-19(12-18(27)13-20(23)24)21(28-16(4)25)30-22(24)29-17(5)26/h7,15,18-22,27H,1-2,8-13H2,3-6H3. The highest BCUT2D eigenvalue weighted by molar-refractivity contribution is 5.66. The van der Waals surface area contributed by atoms with E-state index in [1.807, 2.05) is 0 Å². The van der Waals surface area contributed by atoms with Crippen molar-refractivity contribution in [1.29, 1.82) is 0 Å². The maximum absolute atomic E-state index is 11.9. The molecule has 8 unspecified atom stereocenters. The lowest BCUT2D eigenvalue weighted by atomic mass is 9.44. The first-order chi connectivity index (χ1) is 14.0. The molecule has 1 aliphatic heterocycles. The Morgan fingerprint density at radius 3 is 2.50 bits per heavy atom. The van der Waals surface area contributed by atoms with Gasteiger partial charge in [0, 0.05) is 25.2 Å². The molecular formula is C24H36O6. The normalized spacial score (nSPS) is 42.6. The van der Waals surface area contributed by atoms with Gasteiger partial charge in [0.15, 0.2) is 0 Å². The van der Waals surface area contributed by atoms with E-state index in [9.17, 15) is 14.7 Å². The summed E-state index contributed by atoms with van der Waals surface area (Å²) in [6, 6.07) is 0. The largest absolute Gasteiger partial charge is 0.435 e. The van der Waals surface area contributed by atoms with Crippen LogP contribution in [0.15, 0.2) is 24.8 Å². The van der Waals surface area contributed by atoms with E-state index in [1.54, 1.807) is 6.08 Å². The van der Waals surface area contributed by atoms with Gasteiger partial charge in [0.2, 0.25) is 12.6 Å². The fraction of sp³-hybridized carbons (Fsp3) is 0.750. The molecule has 1 N–H and O–H groups in total. The molecule has 168 valence electrons. The topological polar surface area (TPSA) is 82.1 Å². The summed E-state index contributed by atoms with van der Waals surface area (Å²) >= 11 is 0. The Morgan fingerprint density at radius 1 is 1.23 bits per heavy atom. The van der Waals surface area contributed by atoms with Crippen molar-refractivity contribution in [3.8, 4) is 0 Å². The molecule has 2 aliphatic carbocycles. The van der Waals surface area contributed by atoms with E-state index >= 15 is 0 Å². The molecule has 3 aliphatic rings. The van der Waals surface area contributed by atoms with Crippen LogP contribution in [0.2, 0.25) is 0 Å². The minimum atomic E-state index is -0.815. The number of aliphatic hydroxyl groups is 1. The Hall–Kier alpha value is -1.66. The molecule has 2 saturated carbocycles. The average Bonchev–Trinajstić information content (AvgIpc) is 2.94. The molecule has 3 rings (SSSR count). The highest BCUT2D eigenvalue weighted by Gasteiger charge is 2.70. The molecule has 1 spiro atoms. The fourth-order valence-corrected chi connectivity index (χ4v) is 6.42. The van der Waals surface area contributed by atoms with Crippen molar-refractivity contribution < 1.29 is 28.9 Å². The van der Waals surface area contributed by atoms with Crippen LogP contribution in [0.25, 0.3) is 0 Å². The van der Waals surface area contributed by atoms with Crippen molar-refractivity contribution in [3.05, 3.63) is 24.8 Å². The van der Waals surface area contributed by atoms with Gasteiger partial charge in [-0.3, -0.25) is 9.59 Å².